The smallest absolute Gasteiger partial charge is 0.276 e. The Balaban J connectivity index is 0.00000210. The van der Waals surface area contributed by atoms with E-state index >= 15 is 0 Å². The number of nitrogens with one attached hydrogen (secondary N) is 1. The lowest BCUT2D eigenvalue weighted by molar-refractivity contribution is 0.385. The summed E-state index contributed by atoms with van der Waals surface area (Å²) in [5, 5.41) is 9.66. The van der Waals surface area contributed by atoms with Gasteiger partial charge in [0.15, 0.2) is 0 Å². The molecule has 0 aliphatic rings. The van der Waals surface area contributed by atoms with Crippen LogP contribution in [0.2, 0.25) is 0 Å². The van der Waals surface area contributed by atoms with Crippen LogP contribution in [0.3, 0.4) is 0 Å². The SMILES string of the molecule is Cl.N[C@@H](Cc1c[nH]c2ccccc12)c1nnc(SCc2cccc(F)c2)o1. The van der Waals surface area contributed by atoms with Crippen LogP contribution in [0.1, 0.15) is 23.1 Å². The van der Waals surface area contributed by atoms with E-state index in [9.17, 15) is 4.39 Å². The van der Waals surface area contributed by atoms with Crippen molar-refractivity contribution in [3.05, 3.63) is 77.6 Å². The number of fused-ring (bicyclic) bond motifs is 1. The molecule has 4 aromatic rings. The highest BCUT2D eigenvalue weighted by Crippen LogP contribution is 2.26. The average Bonchev–Trinajstić information content (AvgIpc) is 3.28. The third-order valence-electron chi connectivity index (χ3n) is 4.11. The Morgan fingerprint density at radius 2 is 2.00 bits per heavy atom. The number of hydrogen-bond donors (Lipinski definition) is 2. The largest absolute Gasteiger partial charge is 0.414 e. The molecule has 2 heterocycles. The van der Waals surface area contributed by atoms with Crippen molar-refractivity contribution in [2.75, 3.05) is 0 Å². The van der Waals surface area contributed by atoms with Crippen molar-refractivity contribution in [1.82, 2.24) is 15.2 Å². The molecule has 0 spiro atoms. The first-order chi connectivity index (χ1) is 12.7. The molecular weight excluding hydrogens is 387 g/mol. The van der Waals surface area contributed by atoms with Crippen molar-refractivity contribution in [2.24, 2.45) is 5.73 Å². The van der Waals surface area contributed by atoms with E-state index in [1.54, 1.807) is 6.07 Å². The zero-order valence-corrected chi connectivity index (χ0v) is 15.9. The van der Waals surface area contributed by atoms with Crippen LogP contribution in [0.15, 0.2) is 64.4 Å². The van der Waals surface area contributed by atoms with Crippen LogP contribution in [-0.2, 0) is 12.2 Å². The fourth-order valence-corrected chi connectivity index (χ4v) is 3.54. The molecule has 0 bridgehead atoms. The number of rotatable bonds is 6. The van der Waals surface area contributed by atoms with Gasteiger partial charge in [0.1, 0.15) is 5.82 Å². The number of hydrogen-bond acceptors (Lipinski definition) is 5. The van der Waals surface area contributed by atoms with Gasteiger partial charge in [-0.25, -0.2) is 4.39 Å². The normalized spacial score (nSPS) is 12.1. The summed E-state index contributed by atoms with van der Waals surface area (Å²) in [5.41, 5.74) is 9.29. The predicted molar refractivity (Wildman–Crippen MR) is 106 cm³/mol. The summed E-state index contributed by atoms with van der Waals surface area (Å²) in [7, 11) is 0. The maximum absolute atomic E-state index is 13.2. The minimum absolute atomic E-state index is 0. The van der Waals surface area contributed by atoms with E-state index in [1.807, 2.05) is 30.5 Å². The number of aromatic nitrogens is 3. The Hall–Kier alpha value is -2.35. The van der Waals surface area contributed by atoms with Gasteiger partial charge in [-0.3, -0.25) is 0 Å². The summed E-state index contributed by atoms with van der Waals surface area (Å²) in [5.74, 6) is 0.698. The molecule has 4 rings (SSSR count). The van der Waals surface area contributed by atoms with E-state index in [2.05, 4.69) is 21.2 Å². The quantitative estimate of drug-likeness (QED) is 0.457. The molecule has 3 N–H and O–H groups in total. The van der Waals surface area contributed by atoms with Gasteiger partial charge in [-0.1, -0.05) is 42.1 Å². The van der Waals surface area contributed by atoms with E-state index in [-0.39, 0.29) is 24.3 Å². The van der Waals surface area contributed by atoms with E-state index in [0.717, 1.165) is 22.0 Å². The molecule has 1 atom stereocenters. The first-order valence-corrected chi connectivity index (χ1v) is 9.19. The number of benzene rings is 2. The molecule has 0 fully saturated rings. The van der Waals surface area contributed by atoms with Gasteiger partial charge in [-0.15, -0.1) is 22.6 Å². The van der Waals surface area contributed by atoms with Crippen molar-refractivity contribution in [3.8, 4) is 0 Å². The van der Waals surface area contributed by atoms with Gasteiger partial charge in [-0.05, 0) is 35.7 Å². The van der Waals surface area contributed by atoms with Crippen molar-refractivity contribution in [1.29, 1.82) is 0 Å². The van der Waals surface area contributed by atoms with Crippen LogP contribution >= 0.6 is 24.2 Å². The lowest BCUT2D eigenvalue weighted by Gasteiger charge is -2.05. The second-order valence-electron chi connectivity index (χ2n) is 5.99. The summed E-state index contributed by atoms with van der Waals surface area (Å²) in [6.07, 6.45) is 2.56. The van der Waals surface area contributed by atoms with Gasteiger partial charge < -0.3 is 15.1 Å². The van der Waals surface area contributed by atoms with E-state index < -0.39 is 0 Å². The molecule has 0 aliphatic heterocycles. The molecule has 0 radical (unpaired) electrons. The van der Waals surface area contributed by atoms with Crippen LogP contribution in [0.5, 0.6) is 0 Å². The Morgan fingerprint density at radius 1 is 1.15 bits per heavy atom. The molecule has 0 amide bonds. The first kappa shape index (κ1) is 19.4. The van der Waals surface area contributed by atoms with Crippen molar-refractivity contribution >= 4 is 35.1 Å². The van der Waals surface area contributed by atoms with E-state index in [1.165, 1.54) is 23.9 Å². The third-order valence-corrected chi connectivity index (χ3v) is 4.99. The summed E-state index contributed by atoms with van der Waals surface area (Å²) >= 11 is 1.36. The number of nitrogens with two attached hydrogens (primary N) is 1. The number of aromatic amines is 1. The topological polar surface area (TPSA) is 80.7 Å². The molecule has 5 nitrogen and oxygen atoms in total. The number of H-pyrrole nitrogens is 1. The van der Waals surface area contributed by atoms with Gasteiger partial charge in [0, 0.05) is 22.9 Å². The average molecular weight is 405 g/mol. The van der Waals surface area contributed by atoms with Crippen molar-refractivity contribution < 1.29 is 8.81 Å². The number of para-hydroxylation sites is 1. The lowest BCUT2D eigenvalue weighted by atomic mass is 10.1. The molecule has 0 unspecified atom stereocenters. The minimum Gasteiger partial charge on any atom is -0.414 e. The number of thioether (sulfide) groups is 1. The summed E-state index contributed by atoms with van der Waals surface area (Å²) in [6, 6.07) is 14.1. The van der Waals surface area contributed by atoms with Gasteiger partial charge in [0.05, 0.1) is 6.04 Å². The van der Waals surface area contributed by atoms with Gasteiger partial charge >= 0.3 is 0 Å². The maximum Gasteiger partial charge on any atom is 0.276 e. The second-order valence-corrected chi connectivity index (χ2v) is 6.92. The second kappa shape index (κ2) is 8.56. The van der Waals surface area contributed by atoms with Gasteiger partial charge in [0.25, 0.3) is 5.22 Å². The predicted octanol–water partition coefficient (Wildman–Crippen LogP) is 4.65. The van der Waals surface area contributed by atoms with Crippen LogP contribution in [0.25, 0.3) is 10.9 Å². The van der Waals surface area contributed by atoms with E-state index in [4.69, 9.17) is 10.2 Å². The Kier molecular flexibility index (Phi) is 6.15. The van der Waals surface area contributed by atoms with Crippen molar-refractivity contribution in [3.63, 3.8) is 0 Å². The summed E-state index contributed by atoms with van der Waals surface area (Å²) in [6.45, 7) is 0. The number of nitrogens with zero attached hydrogens (tertiary/aromatic N) is 2. The number of halogens is 2. The Morgan fingerprint density at radius 3 is 2.85 bits per heavy atom. The highest BCUT2D eigenvalue weighted by molar-refractivity contribution is 7.98. The summed E-state index contributed by atoms with van der Waals surface area (Å²) < 4.78 is 18.9. The highest BCUT2D eigenvalue weighted by atomic mass is 35.5. The summed E-state index contributed by atoms with van der Waals surface area (Å²) in [4.78, 5) is 3.24. The molecule has 2 aromatic heterocycles. The zero-order valence-electron chi connectivity index (χ0n) is 14.3. The highest BCUT2D eigenvalue weighted by Gasteiger charge is 2.17. The molecule has 2 aromatic carbocycles. The van der Waals surface area contributed by atoms with Crippen LogP contribution in [-0.4, -0.2) is 15.2 Å². The molecular formula is C19H18ClFN4OS. The minimum atomic E-state index is -0.384. The zero-order chi connectivity index (χ0) is 17.9. The molecule has 0 saturated carbocycles. The monoisotopic (exact) mass is 404 g/mol. The molecule has 140 valence electrons. The molecule has 8 heteroatoms. The Bertz CT molecular complexity index is 1040. The van der Waals surface area contributed by atoms with Crippen LogP contribution in [0.4, 0.5) is 4.39 Å². The standard InChI is InChI=1S/C19H17FN4OS.ClH/c20-14-5-3-4-12(8-14)11-26-19-24-23-18(25-19)16(21)9-13-10-22-17-7-2-1-6-15(13)17;/h1-8,10,16,22H,9,11,21H2;1H/t16-;/m0./s1. The van der Waals surface area contributed by atoms with Crippen LogP contribution in [0, 0.1) is 5.82 Å². The first-order valence-electron chi connectivity index (χ1n) is 8.20. The van der Waals surface area contributed by atoms with Crippen LogP contribution < -0.4 is 5.73 Å². The fourth-order valence-electron chi connectivity index (χ4n) is 2.83. The lowest BCUT2D eigenvalue weighted by Crippen LogP contribution is -2.13. The fraction of sp³-hybridized carbons (Fsp3) is 0.158. The van der Waals surface area contributed by atoms with E-state index in [0.29, 0.717) is 23.3 Å². The molecule has 0 aliphatic carbocycles. The maximum atomic E-state index is 13.2. The molecule has 0 saturated heterocycles. The third kappa shape index (κ3) is 4.50. The van der Waals surface area contributed by atoms with Crippen molar-refractivity contribution in [2.45, 2.75) is 23.4 Å². The van der Waals surface area contributed by atoms with Gasteiger partial charge in [-0.2, -0.15) is 0 Å². The Labute approximate surface area is 166 Å². The molecule has 27 heavy (non-hydrogen) atoms. The van der Waals surface area contributed by atoms with Gasteiger partial charge in [0.2, 0.25) is 5.89 Å².